The van der Waals surface area contributed by atoms with E-state index < -0.39 is 0 Å². The molecule has 0 aliphatic heterocycles. The van der Waals surface area contributed by atoms with Crippen LogP contribution >= 0.6 is 0 Å². The van der Waals surface area contributed by atoms with E-state index in [4.69, 9.17) is 4.74 Å². The van der Waals surface area contributed by atoms with Crippen molar-refractivity contribution in [2.24, 2.45) is 5.92 Å². The second kappa shape index (κ2) is 8.76. The van der Waals surface area contributed by atoms with E-state index in [9.17, 15) is 4.79 Å². The Morgan fingerprint density at radius 1 is 1.11 bits per heavy atom. The first-order valence-electron chi connectivity index (χ1n) is 9.64. The minimum atomic E-state index is -0.0102. The first-order valence-corrected chi connectivity index (χ1v) is 9.64. The van der Waals surface area contributed by atoms with Crippen LogP contribution in [0.4, 0.5) is 0 Å². The van der Waals surface area contributed by atoms with Gasteiger partial charge in [-0.3, -0.25) is 4.79 Å². The van der Waals surface area contributed by atoms with Gasteiger partial charge >= 0.3 is 0 Å². The first-order chi connectivity index (χ1) is 13.1. The van der Waals surface area contributed by atoms with Crippen LogP contribution in [0.5, 0.6) is 5.75 Å². The molecule has 0 fully saturated rings. The maximum absolute atomic E-state index is 12.6. The zero-order chi connectivity index (χ0) is 19.2. The molecule has 1 atom stereocenters. The Balaban J connectivity index is 1.92. The monoisotopic (exact) mass is 364 g/mol. The third-order valence-corrected chi connectivity index (χ3v) is 4.69. The Kier molecular flexibility index (Phi) is 6.17. The lowest BCUT2D eigenvalue weighted by molar-refractivity contribution is -0.121. The highest BCUT2D eigenvalue weighted by molar-refractivity contribution is 5.86. The number of hydrogen-bond acceptors (Lipinski definition) is 2. The van der Waals surface area contributed by atoms with E-state index in [-0.39, 0.29) is 11.8 Å². The molecule has 2 N–H and O–H groups in total. The normalized spacial score (nSPS) is 12.3. The molecule has 0 aliphatic carbocycles. The van der Waals surface area contributed by atoms with Crippen molar-refractivity contribution in [3.8, 4) is 5.75 Å². The van der Waals surface area contributed by atoms with Gasteiger partial charge in [-0.2, -0.15) is 0 Å². The summed E-state index contributed by atoms with van der Waals surface area (Å²) in [5.41, 5.74) is 3.35. The molecular weight excluding hydrogens is 336 g/mol. The molecule has 3 aromatic rings. The van der Waals surface area contributed by atoms with Crippen LogP contribution in [0, 0.1) is 5.92 Å². The van der Waals surface area contributed by atoms with Crippen molar-refractivity contribution in [3.05, 3.63) is 65.9 Å². The minimum Gasteiger partial charge on any atom is -0.494 e. The van der Waals surface area contributed by atoms with Gasteiger partial charge in [0.05, 0.1) is 6.61 Å². The van der Waals surface area contributed by atoms with E-state index in [1.54, 1.807) is 0 Å². The molecule has 4 nitrogen and oxygen atoms in total. The van der Waals surface area contributed by atoms with E-state index in [0.29, 0.717) is 25.5 Å². The minimum absolute atomic E-state index is 0.0102. The smallest absolute Gasteiger partial charge is 0.220 e. The Hall–Kier alpha value is -2.75. The number of amides is 1. The van der Waals surface area contributed by atoms with Gasteiger partial charge in [0.1, 0.15) is 5.75 Å². The van der Waals surface area contributed by atoms with E-state index >= 15 is 0 Å². The van der Waals surface area contributed by atoms with Gasteiger partial charge in [-0.15, -0.1) is 0 Å². The quantitative estimate of drug-likeness (QED) is 0.600. The fraction of sp³-hybridized carbons (Fsp3) is 0.348. The van der Waals surface area contributed by atoms with Crippen LogP contribution in [0.15, 0.2) is 54.7 Å². The molecule has 1 amide bonds. The van der Waals surface area contributed by atoms with Crippen LogP contribution in [-0.2, 0) is 4.79 Å². The lowest BCUT2D eigenvalue weighted by atomic mass is 9.88. The number of carbonyl (C=O) groups excluding carboxylic acids is 1. The summed E-state index contributed by atoms with van der Waals surface area (Å²) in [7, 11) is 0. The van der Waals surface area contributed by atoms with Gasteiger partial charge in [-0.1, -0.05) is 44.2 Å². The Labute approximate surface area is 160 Å². The molecule has 3 rings (SSSR count). The number of nitrogens with one attached hydrogen (secondary N) is 2. The summed E-state index contributed by atoms with van der Waals surface area (Å²) < 4.78 is 5.56. The molecule has 1 heterocycles. The molecule has 0 saturated heterocycles. The number of fused-ring (bicyclic) bond motifs is 1. The molecule has 1 aromatic heterocycles. The van der Waals surface area contributed by atoms with E-state index in [0.717, 1.165) is 27.8 Å². The van der Waals surface area contributed by atoms with E-state index in [1.165, 1.54) is 0 Å². The van der Waals surface area contributed by atoms with Gasteiger partial charge in [0.2, 0.25) is 5.91 Å². The fourth-order valence-corrected chi connectivity index (χ4v) is 3.33. The van der Waals surface area contributed by atoms with Crippen LogP contribution in [-0.4, -0.2) is 24.0 Å². The highest BCUT2D eigenvalue weighted by Crippen LogP contribution is 2.34. The number of rotatable bonds is 8. The standard InChI is InChI=1S/C23H28N2O2/c1-4-27-18-11-9-17(10-12-18)20(13-23(26)25-14-16(2)3)21-15-24-22-8-6-5-7-19(21)22/h5-12,15-16,20,24H,4,13-14H2,1-3H3,(H,25,26). The third-order valence-electron chi connectivity index (χ3n) is 4.69. The first kappa shape index (κ1) is 19.0. The van der Waals surface area contributed by atoms with Gasteiger partial charge in [0.25, 0.3) is 0 Å². The Morgan fingerprint density at radius 2 is 1.85 bits per heavy atom. The summed E-state index contributed by atoms with van der Waals surface area (Å²) in [5.74, 6) is 1.35. The summed E-state index contributed by atoms with van der Waals surface area (Å²) in [4.78, 5) is 15.9. The van der Waals surface area contributed by atoms with Gasteiger partial charge in [-0.05, 0) is 42.2 Å². The molecule has 27 heavy (non-hydrogen) atoms. The van der Waals surface area contributed by atoms with E-state index in [2.05, 4.69) is 48.4 Å². The Bertz CT molecular complexity index is 881. The topological polar surface area (TPSA) is 54.1 Å². The number of carbonyl (C=O) groups is 1. The number of ether oxygens (including phenoxy) is 1. The second-order valence-corrected chi connectivity index (χ2v) is 7.25. The summed E-state index contributed by atoms with van der Waals surface area (Å²) in [6.45, 7) is 7.51. The van der Waals surface area contributed by atoms with Crippen LogP contribution in [0.2, 0.25) is 0 Å². The molecule has 0 aliphatic rings. The summed E-state index contributed by atoms with van der Waals surface area (Å²) in [6.07, 6.45) is 2.45. The maximum atomic E-state index is 12.6. The van der Waals surface area contributed by atoms with Gasteiger partial charge < -0.3 is 15.0 Å². The lowest BCUT2D eigenvalue weighted by Crippen LogP contribution is -2.28. The van der Waals surface area contributed by atoms with Gasteiger partial charge in [0.15, 0.2) is 0 Å². The van der Waals surface area contributed by atoms with Crippen molar-refractivity contribution in [1.82, 2.24) is 10.3 Å². The average molecular weight is 364 g/mol. The second-order valence-electron chi connectivity index (χ2n) is 7.25. The van der Waals surface area contributed by atoms with E-state index in [1.807, 2.05) is 37.4 Å². The van der Waals surface area contributed by atoms with Crippen molar-refractivity contribution >= 4 is 16.8 Å². The van der Waals surface area contributed by atoms with Crippen LogP contribution in [0.1, 0.15) is 44.2 Å². The molecule has 0 spiro atoms. The van der Waals surface area contributed by atoms with Crippen LogP contribution < -0.4 is 10.1 Å². The van der Waals surface area contributed by atoms with Crippen molar-refractivity contribution in [1.29, 1.82) is 0 Å². The van der Waals surface area contributed by atoms with Crippen LogP contribution in [0.3, 0.4) is 0 Å². The highest BCUT2D eigenvalue weighted by Gasteiger charge is 2.21. The molecule has 2 aromatic carbocycles. The number of aromatic amines is 1. The van der Waals surface area contributed by atoms with Crippen molar-refractivity contribution < 1.29 is 9.53 Å². The highest BCUT2D eigenvalue weighted by atomic mass is 16.5. The number of benzene rings is 2. The molecule has 4 heteroatoms. The number of aromatic nitrogens is 1. The molecule has 142 valence electrons. The maximum Gasteiger partial charge on any atom is 0.220 e. The average Bonchev–Trinajstić information content (AvgIpc) is 3.09. The Morgan fingerprint density at radius 3 is 2.56 bits per heavy atom. The van der Waals surface area contributed by atoms with Crippen molar-refractivity contribution in [2.45, 2.75) is 33.1 Å². The zero-order valence-electron chi connectivity index (χ0n) is 16.3. The van der Waals surface area contributed by atoms with Crippen molar-refractivity contribution in [2.75, 3.05) is 13.2 Å². The lowest BCUT2D eigenvalue weighted by Gasteiger charge is -2.18. The number of para-hydroxylation sites is 1. The zero-order valence-corrected chi connectivity index (χ0v) is 16.3. The van der Waals surface area contributed by atoms with Crippen molar-refractivity contribution in [3.63, 3.8) is 0 Å². The van der Waals surface area contributed by atoms with Gasteiger partial charge in [0, 0.05) is 36.0 Å². The molecule has 0 radical (unpaired) electrons. The summed E-state index contributed by atoms with van der Waals surface area (Å²) in [6, 6.07) is 16.3. The molecule has 0 saturated carbocycles. The fourth-order valence-electron chi connectivity index (χ4n) is 3.33. The number of hydrogen-bond donors (Lipinski definition) is 2. The number of H-pyrrole nitrogens is 1. The third kappa shape index (κ3) is 4.70. The summed E-state index contributed by atoms with van der Waals surface area (Å²) in [5, 5.41) is 4.21. The molecule has 0 bridgehead atoms. The predicted octanol–water partition coefficient (Wildman–Crippen LogP) is 4.86. The SMILES string of the molecule is CCOc1ccc(C(CC(=O)NCC(C)C)c2c[nH]c3ccccc23)cc1. The van der Waals surface area contributed by atoms with Crippen LogP contribution in [0.25, 0.3) is 10.9 Å². The molecule has 1 unspecified atom stereocenters. The van der Waals surface area contributed by atoms with Gasteiger partial charge in [-0.25, -0.2) is 0 Å². The predicted molar refractivity (Wildman–Crippen MR) is 110 cm³/mol. The molecular formula is C23H28N2O2. The summed E-state index contributed by atoms with van der Waals surface area (Å²) >= 11 is 0. The largest absolute Gasteiger partial charge is 0.494 e.